The molecule has 0 fully saturated rings. The molecule has 3 rings (SSSR count). The molecule has 1 amide bonds. The average molecular weight is 403 g/mol. The maximum atomic E-state index is 12.2. The molecular weight excluding hydrogens is 384 g/mol. The minimum atomic E-state index is -0.0867. The summed E-state index contributed by atoms with van der Waals surface area (Å²) in [6, 6.07) is 14.8. The number of carbonyl (C=O) groups is 1. The summed E-state index contributed by atoms with van der Waals surface area (Å²) in [5, 5.41) is 6.26. The first-order valence-corrected chi connectivity index (χ1v) is 9.60. The van der Waals surface area contributed by atoms with E-state index in [1.54, 1.807) is 19.2 Å². The van der Waals surface area contributed by atoms with Gasteiger partial charge in [-0.15, -0.1) is 11.3 Å². The number of hydrogen-bond donors (Lipinski definition) is 1. The Kier molecular flexibility index (Phi) is 6.68. The summed E-state index contributed by atoms with van der Waals surface area (Å²) >= 11 is 7.32. The van der Waals surface area contributed by atoms with E-state index in [1.165, 1.54) is 11.3 Å². The lowest BCUT2D eigenvalue weighted by molar-refractivity contribution is -0.120. The van der Waals surface area contributed by atoms with E-state index in [4.69, 9.17) is 21.1 Å². The van der Waals surface area contributed by atoms with Crippen molar-refractivity contribution in [1.29, 1.82) is 0 Å². The molecule has 27 heavy (non-hydrogen) atoms. The predicted octanol–water partition coefficient (Wildman–Crippen LogP) is 4.24. The molecule has 0 aliphatic heterocycles. The van der Waals surface area contributed by atoms with E-state index in [1.807, 2.05) is 41.8 Å². The molecule has 0 saturated heterocycles. The number of benzene rings is 2. The number of aromatic nitrogens is 1. The van der Waals surface area contributed by atoms with Crippen molar-refractivity contribution >= 4 is 28.8 Å². The summed E-state index contributed by atoms with van der Waals surface area (Å²) in [5.74, 6) is 1.40. The molecule has 7 heteroatoms. The van der Waals surface area contributed by atoms with Crippen LogP contribution in [0.15, 0.2) is 53.9 Å². The second-order valence-corrected chi connectivity index (χ2v) is 7.12. The summed E-state index contributed by atoms with van der Waals surface area (Å²) in [6.45, 7) is 0.772. The van der Waals surface area contributed by atoms with Crippen LogP contribution in [0.1, 0.15) is 16.3 Å². The van der Waals surface area contributed by atoms with Crippen molar-refractivity contribution in [3.8, 4) is 11.5 Å². The first-order valence-electron chi connectivity index (χ1n) is 8.34. The van der Waals surface area contributed by atoms with E-state index in [9.17, 15) is 4.79 Å². The molecule has 0 spiro atoms. The van der Waals surface area contributed by atoms with E-state index in [-0.39, 0.29) is 12.3 Å². The van der Waals surface area contributed by atoms with Crippen molar-refractivity contribution in [2.45, 2.75) is 19.6 Å². The van der Waals surface area contributed by atoms with Crippen molar-refractivity contribution in [3.05, 3.63) is 75.2 Å². The Hall–Kier alpha value is -2.57. The summed E-state index contributed by atoms with van der Waals surface area (Å²) in [7, 11) is 1.61. The van der Waals surface area contributed by atoms with Crippen molar-refractivity contribution in [2.24, 2.45) is 0 Å². The number of nitrogens with zero attached hydrogens (tertiary/aromatic N) is 1. The molecule has 5 nitrogen and oxygen atoms in total. The standard InChI is InChI=1S/C20H19ClN2O3S/c1-25-18-5-3-2-4-14(18)11-22-19(24)10-16-13-27-20(23-16)12-26-17-8-6-15(21)7-9-17/h2-9,13H,10-12H2,1H3,(H,22,24). The second-order valence-electron chi connectivity index (χ2n) is 5.74. The fraction of sp³-hybridized carbons (Fsp3) is 0.200. The lowest BCUT2D eigenvalue weighted by Gasteiger charge is -2.09. The van der Waals surface area contributed by atoms with Crippen LogP contribution in [0.3, 0.4) is 0 Å². The summed E-state index contributed by atoms with van der Waals surface area (Å²) in [5.41, 5.74) is 1.66. The van der Waals surface area contributed by atoms with Crippen LogP contribution in [0.2, 0.25) is 5.02 Å². The average Bonchev–Trinajstić information content (AvgIpc) is 3.13. The molecule has 0 radical (unpaired) electrons. The molecule has 2 aromatic carbocycles. The van der Waals surface area contributed by atoms with Gasteiger partial charge in [-0.2, -0.15) is 0 Å². The highest BCUT2D eigenvalue weighted by Gasteiger charge is 2.09. The third-order valence-corrected chi connectivity index (χ3v) is 4.91. The van der Waals surface area contributed by atoms with Crippen LogP contribution in [0.25, 0.3) is 0 Å². The van der Waals surface area contributed by atoms with Crippen LogP contribution in [-0.2, 0) is 24.4 Å². The summed E-state index contributed by atoms with van der Waals surface area (Å²) in [4.78, 5) is 16.6. The Morgan fingerprint density at radius 3 is 2.74 bits per heavy atom. The Morgan fingerprint density at radius 2 is 1.96 bits per heavy atom. The highest BCUT2D eigenvalue weighted by Crippen LogP contribution is 2.19. The molecule has 140 valence electrons. The van der Waals surface area contributed by atoms with Gasteiger partial charge in [0.05, 0.1) is 19.2 Å². The van der Waals surface area contributed by atoms with Crippen molar-refractivity contribution in [1.82, 2.24) is 10.3 Å². The second kappa shape index (κ2) is 9.39. The number of carbonyl (C=O) groups excluding carboxylic acids is 1. The fourth-order valence-electron chi connectivity index (χ4n) is 2.44. The van der Waals surface area contributed by atoms with E-state index in [0.29, 0.717) is 18.2 Å². The normalized spacial score (nSPS) is 10.4. The minimum absolute atomic E-state index is 0.0867. The van der Waals surface area contributed by atoms with E-state index < -0.39 is 0 Å². The van der Waals surface area contributed by atoms with Gasteiger partial charge < -0.3 is 14.8 Å². The highest BCUT2D eigenvalue weighted by atomic mass is 35.5. The molecule has 1 heterocycles. The van der Waals surface area contributed by atoms with Crippen LogP contribution in [0, 0.1) is 0 Å². The van der Waals surface area contributed by atoms with Gasteiger partial charge in [0.1, 0.15) is 23.1 Å². The Labute approximate surface area is 166 Å². The van der Waals surface area contributed by atoms with Crippen molar-refractivity contribution in [3.63, 3.8) is 0 Å². The topological polar surface area (TPSA) is 60.5 Å². The maximum absolute atomic E-state index is 12.2. The van der Waals surface area contributed by atoms with Gasteiger partial charge in [-0.1, -0.05) is 29.8 Å². The lowest BCUT2D eigenvalue weighted by Crippen LogP contribution is -2.24. The zero-order valence-corrected chi connectivity index (χ0v) is 16.3. The number of thiazole rings is 1. The van der Waals surface area contributed by atoms with Crippen molar-refractivity contribution in [2.75, 3.05) is 7.11 Å². The first kappa shape index (κ1) is 19.2. The number of methoxy groups -OCH3 is 1. The van der Waals surface area contributed by atoms with Gasteiger partial charge in [0.15, 0.2) is 0 Å². The summed E-state index contributed by atoms with van der Waals surface area (Å²) in [6.07, 6.45) is 0.229. The molecule has 0 aliphatic carbocycles. The SMILES string of the molecule is COc1ccccc1CNC(=O)Cc1csc(COc2ccc(Cl)cc2)n1. The number of nitrogens with one attached hydrogen (secondary N) is 1. The van der Waals surface area contributed by atoms with E-state index >= 15 is 0 Å². The van der Waals surface area contributed by atoms with Gasteiger partial charge in [0.25, 0.3) is 0 Å². The highest BCUT2D eigenvalue weighted by molar-refractivity contribution is 7.09. The third-order valence-electron chi connectivity index (χ3n) is 3.79. The fourth-order valence-corrected chi connectivity index (χ4v) is 3.27. The zero-order chi connectivity index (χ0) is 19.1. The summed E-state index contributed by atoms with van der Waals surface area (Å²) < 4.78 is 11.0. The van der Waals surface area contributed by atoms with Crippen LogP contribution in [0.5, 0.6) is 11.5 Å². The van der Waals surface area contributed by atoms with Crippen LogP contribution < -0.4 is 14.8 Å². The van der Waals surface area contributed by atoms with Gasteiger partial charge in [-0.3, -0.25) is 4.79 Å². The third kappa shape index (κ3) is 5.70. The number of para-hydroxylation sites is 1. The first-order chi connectivity index (χ1) is 13.1. The predicted molar refractivity (Wildman–Crippen MR) is 106 cm³/mol. The molecule has 1 aromatic heterocycles. The van der Waals surface area contributed by atoms with Gasteiger partial charge in [0.2, 0.25) is 5.91 Å². The molecule has 0 aliphatic rings. The maximum Gasteiger partial charge on any atom is 0.226 e. The van der Waals surface area contributed by atoms with Gasteiger partial charge >= 0.3 is 0 Å². The molecule has 0 saturated carbocycles. The van der Waals surface area contributed by atoms with Crippen LogP contribution >= 0.6 is 22.9 Å². The number of ether oxygens (including phenoxy) is 2. The number of halogens is 1. The quantitative estimate of drug-likeness (QED) is 0.612. The van der Waals surface area contributed by atoms with Crippen LogP contribution in [-0.4, -0.2) is 18.0 Å². The Balaban J connectivity index is 1.48. The van der Waals surface area contributed by atoms with E-state index in [2.05, 4.69) is 10.3 Å². The van der Waals surface area contributed by atoms with Crippen molar-refractivity contribution < 1.29 is 14.3 Å². The molecular formula is C20H19ClN2O3S. The molecule has 1 N–H and O–H groups in total. The number of hydrogen-bond acceptors (Lipinski definition) is 5. The Bertz CT molecular complexity index is 896. The molecule has 0 bridgehead atoms. The zero-order valence-electron chi connectivity index (χ0n) is 14.8. The molecule has 0 unspecified atom stereocenters. The Morgan fingerprint density at radius 1 is 1.19 bits per heavy atom. The monoisotopic (exact) mass is 402 g/mol. The number of amides is 1. The molecule has 0 atom stereocenters. The number of rotatable bonds is 8. The van der Waals surface area contributed by atoms with Gasteiger partial charge in [-0.25, -0.2) is 4.98 Å². The minimum Gasteiger partial charge on any atom is -0.496 e. The van der Waals surface area contributed by atoms with E-state index in [0.717, 1.165) is 27.8 Å². The smallest absolute Gasteiger partial charge is 0.226 e. The van der Waals surface area contributed by atoms with Crippen LogP contribution in [0.4, 0.5) is 0 Å². The lowest BCUT2D eigenvalue weighted by atomic mass is 10.2. The molecule has 3 aromatic rings. The van der Waals surface area contributed by atoms with Gasteiger partial charge in [-0.05, 0) is 30.3 Å². The van der Waals surface area contributed by atoms with Gasteiger partial charge in [0, 0.05) is 22.5 Å². The largest absolute Gasteiger partial charge is 0.496 e.